The minimum Gasteiger partial charge on any atom is -0.494 e. The highest BCUT2D eigenvalue weighted by molar-refractivity contribution is 5.89. The van der Waals surface area contributed by atoms with Gasteiger partial charge in [-0.05, 0) is 6.07 Å². The number of alkyl halides is 2. The summed E-state index contributed by atoms with van der Waals surface area (Å²) in [6.07, 6.45) is -3.07. The summed E-state index contributed by atoms with van der Waals surface area (Å²) < 4.78 is 29.6. The molecule has 0 aliphatic rings. The number of halogens is 2. The van der Waals surface area contributed by atoms with E-state index >= 15 is 0 Å². The summed E-state index contributed by atoms with van der Waals surface area (Å²) >= 11 is 0. The summed E-state index contributed by atoms with van der Waals surface area (Å²) in [5, 5.41) is 17.3. The molecule has 0 saturated carbocycles. The molecule has 5 nitrogen and oxygen atoms in total. The lowest BCUT2D eigenvalue weighted by molar-refractivity contribution is 0.0681. The Labute approximate surface area is 88.9 Å². The fourth-order valence-electron chi connectivity index (χ4n) is 1.08. The predicted octanol–water partition coefficient (Wildman–Crippen LogP) is 1.60. The molecule has 0 aromatic carbocycles. The predicted molar refractivity (Wildman–Crippen MR) is 47.4 cm³/mol. The van der Waals surface area contributed by atoms with Gasteiger partial charge in [0.05, 0.1) is 12.7 Å². The lowest BCUT2D eigenvalue weighted by Gasteiger charge is -2.08. The van der Waals surface area contributed by atoms with Crippen molar-refractivity contribution in [2.75, 3.05) is 7.11 Å². The molecule has 1 aromatic heterocycles. The molecule has 0 saturated heterocycles. The van der Waals surface area contributed by atoms with E-state index in [9.17, 15) is 13.6 Å². The van der Waals surface area contributed by atoms with Gasteiger partial charge in [-0.15, -0.1) is 0 Å². The van der Waals surface area contributed by atoms with E-state index in [1.54, 1.807) is 6.07 Å². The Bertz CT molecular complexity index is 469. The Balaban J connectivity index is 3.49. The topological polar surface area (TPSA) is 83.2 Å². The SMILES string of the molecule is COc1cc(C(=O)O)c(C(F)F)nc1C#N. The van der Waals surface area contributed by atoms with Gasteiger partial charge in [-0.25, -0.2) is 18.6 Å². The van der Waals surface area contributed by atoms with Gasteiger partial charge in [0, 0.05) is 0 Å². The van der Waals surface area contributed by atoms with Crippen LogP contribution >= 0.6 is 0 Å². The molecular formula is C9H6F2N2O3. The van der Waals surface area contributed by atoms with Crippen LogP contribution in [0.15, 0.2) is 6.07 Å². The van der Waals surface area contributed by atoms with Crippen molar-refractivity contribution in [3.63, 3.8) is 0 Å². The third-order valence-corrected chi connectivity index (χ3v) is 1.78. The van der Waals surface area contributed by atoms with Gasteiger partial charge in [-0.2, -0.15) is 5.26 Å². The number of methoxy groups -OCH3 is 1. The Hall–Kier alpha value is -2.23. The third-order valence-electron chi connectivity index (χ3n) is 1.78. The third kappa shape index (κ3) is 2.06. The zero-order valence-electron chi connectivity index (χ0n) is 8.07. The maximum absolute atomic E-state index is 12.5. The van der Waals surface area contributed by atoms with Crippen LogP contribution in [0.2, 0.25) is 0 Å². The zero-order chi connectivity index (χ0) is 12.3. The van der Waals surface area contributed by atoms with Crippen molar-refractivity contribution in [3.05, 3.63) is 23.0 Å². The maximum Gasteiger partial charge on any atom is 0.337 e. The van der Waals surface area contributed by atoms with Gasteiger partial charge in [0.1, 0.15) is 11.8 Å². The molecule has 16 heavy (non-hydrogen) atoms. The lowest BCUT2D eigenvalue weighted by Crippen LogP contribution is -2.08. The Morgan fingerprint density at radius 1 is 1.69 bits per heavy atom. The normalized spacial score (nSPS) is 9.94. The summed E-state index contributed by atoms with van der Waals surface area (Å²) in [5.41, 5.74) is -1.99. The second-order valence-corrected chi connectivity index (χ2v) is 2.69. The summed E-state index contributed by atoms with van der Waals surface area (Å²) in [5.74, 6) is -1.70. The molecule has 0 aliphatic carbocycles. The Morgan fingerprint density at radius 3 is 2.69 bits per heavy atom. The van der Waals surface area contributed by atoms with Crippen LogP contribution in [0.3, 0.4) is 0 Å². The molecule has 84 valence electrons. The monoisotopic (exact) mass is 228 g/mol. The van der Waals surface area contributed by atoms with Crippen LogP contribution in [0.1, 0.15) is 28.2 Å². The first-order valence-corrected chi connectivity index (χ1v) is 4.01. The van der Waals surface area contributed by atoms with Gasteiger partial charge >= 0.3 is 5.97 Å². The maximum atomic E-state index is 12.5. The fourth-order valence-corrected chi connectivity index (χ4v) is 1.08. The lowest BCUT2D eigenvalue weighted by atomic mass is 10.1. The molecule has 0 unspecified atom stereocenters. The van der Waals surface area contributed by atoms with E-state index in [4.69, 9.17) is 10.4 Å². The summed E-state index contributed by atoms with van der Waals surface area (Å²) in [6, 6.07) is 2.40. The van der Waals surface area contributed by atoms with E-state index in [1.807, 2.05) is 0 Å². The average Bonchev–Trinajstić information content (AvgIpc) is 2.26. The van der Waals surface area contributed by atoms with Crippen molar-refractivity contribution in [1.29, 1.82) is 5.26 Å². The number of rotatable bonds is 3. The van der Waals surface area contributed by atoms with Crippen LogP contribution in [0.25, 0.3) is 0 Å². The van der Waals surface area contributed by atoms with Crippen LogP contribution < -0.4 is 4.74 Å². The fraction of sp³-hybridized carbons (Fsp3) is 0.222. The van der Waals surface area contributed by atoms with Crippen molar-refractivity contribution in [2.24, 2.45) is 0 Å². The number of carbonyl (C=O) groups is 1. The summed E-state index contributed by atoms with van der Waals surface area (Å²) in [4.78, 5) is 13.9. The van der Waals surface area contributed by atoms with Crippen LogP contribution in [-0.4, -0.2) is 23.2 Å². The van der Waals surface area contributed by atoms with Crippen molar-refractivity contribution in [2.45, 2.75) is 6.43 Å². The van der Waals surface area contributed by atoms with E-state index < -0.39 is 23.7 Å². The number of carboxylic acid groups (broad SMARTS) is 1. The molecule has 1 N–H and O–H groups in total. The number of aromatic carboxylic acids is 1. The first-order chi connectivity index (χ1) is 7.51. The smallest absolute Gasteiger partial charge is 0.337 e. The molecule has 0 aliphatic heterocycles. The van der Waals surface area contributed by atoms with Crippen molar-refractivity contribution < 1.29 is 23.4 Å². The second kappa shape index (κ2) is 4.53. The number of nitriles is 1. The number of carboxylic acids is 1. The molecule has 1 aromatic rings. The summed E-state index contributed by atoms with van der Waals surface area (Å²) in [7, 11) is 1.19. The highest BCUT2D eigenvalue weighted by atomic mass is 19.3. The highest BCUT2D eigenvalue weighted by Crippen LogP contribution is 2.26. The first-order valence-electron chi connectivity index (χ1n) is 4.01. The van der Waals surface area contributed by atoms with Crippen molar-refractivity contribution in [1.82, 2.24) is 4.98 Å². The number of aromatic nitrogens is 1. The molecule has 0 fully saturated rings. The first kappa shape index (κ1) is 11.8. The van der Waals surface area contributed by atoms with Crippen LogP contribution in [0.4, 0.5) is 8.78 Å². The van der Waals surface area contributed by atoms with Gasteiger partial charge in [-0.3, -0.25) is 0 Å². The standard InChI is InChI=1S/C9H6F2N2O3/c1-16-6-2-4(9(14)15)7(8(10)11)13-5(6)3-12/h2,8H,1H3,(H,14,15). The van der Waals surface area contributed by atoms with E-state index in [0.29, 0.717) is 0 Å². The van der Waals surface area contributed by atoms with E-state index in [0.717, 1.165) is 6.07 Å². The van der Waals surface area contributed by atoms with Crippen LogP contribution in [0.5, 0.6) is 5.75 Å². The number of pyridine rings is 1. The van der Waals surface area contributed by atoms with Gasteiger partial charge in [0.2, 0.25) is 0 Å². The number of nitrogens with zero attached hydrogens (tertiary/aromatic N) is 2. The minimum atomic E-state index is -3.07. The minimum absolute atomic E-state index is 0.149. The Kier molecular flexibility index (Phi) is 3.35. The van der Waals surface area contributed by atoms with Gasteiger partial charge in [0.15, 0.2) is 11.4 Å². The van der Waals surface area contributed by atoms with Crippen LogP contribution in [-0.2, 0) is 0 Å². The van der Waals surface area contributed by atoms with Crippen molar-refractivity contribution in [3.8, 4) is 11.8 Å². The summed E-state index contributed by atoms with van der Waals surface area (Å²) in [6.45, 7) is 0. The molecule has 0 radical (unpaired) electrons. The Morgan fingerprint density at radius 2 is 2.31 bits per heavy atom. The zero-order valence-corrected chi connectivity index (χ0v) is 8.07. The molecule has 0 atom stereocenters. The van der Waals surface area contributed by atoms with Gasteiger partial charge in [-0.1, -0.05) is 0 Å². The molecule has 0 amide bonds. The highest BCUT2D eigenvalue weighted by Gasteiger charge is 2.23. The molecule has 1 heterocycles. The molecule has 0 spiro atoms. The van der Waals surface area contributed by atoms with Crippen molar-refractivity contribution >= 4 is 5.97 Å². The number of hydrogen-bond donors (Lipinski definition) is 1. The van der Waals surface area contributed by atoms with E-state index in [-0.39, 0.29) is 11.4 Å². The van der Waals surface area contributed by atoms with Gasteiger partial charge in [0.25, 0.3) is 6.43 Å². The quantitative estimate of drug-likeness (QED) is 0.849. The van der Waals surface area contributed by atoms with E-state index in [2.05, 4.69) is 9.72 Å². The molecule has 7 heteroatoms. The second-order valence-electron chi connectivity index (χ2n) is 2.69. The van der Waals surface area contributed by atoms with E-state index in [1.165, 1.54) is 7.11 Å². The molecule has 0 bridgehead atoms. The molecule has 1 rings (SSSR count). The van der Waals surface area contributed by atoms with Crippen LogP contribution in [0, 0.1) is 11.3 Å². The number of ether oxygens (including phenoxy) is 1. The number of hydrogen-bond acceptors (Lipinski definition) is 4. The average molecular weight is 228 g/mol. The molecular weight excluding hydrogens is 222 g/mol. The van der Waals surface area contributed by atoms with Gasteiger partial charge < -0.3 is 9.84 Å². The largest absolute Gasteiger partial charge is 0.494 e.